The van der Waals surface area contributed by atoms with E-state index in [-0.39, 0.29) is 0 Å². The van der Waals surface area contributed by atoms with E-state index in [4.69, 9.17) is 119 Å². The average Bonchev–Trinajstić information content (AvgIpc) is 0.758. The molecule has 15 rings (SSSR count). The van der Waals surface area contributed by atoms with E-state index in [9.17, 15) is 0 Å². The van der Waals surface area contributed by atoms with Gasteiger partial charge in [-0.05, 0) is 286 Å². The summed E-state index contributed by atoms with van der Waals surface area (Å²) in [6.07, 6.45) is 17.7. The maximum atomic E-state index is 8.42. The van der Waals surface area contributed by atoms with Crippen molar-refractivity contribution in [2.75, 3.05) is 0 Å². The Morgan fingerprint density at radius 3 is 0.532 bits per heavy atom. The third kappa shape index (κ3) is 27.6. The van der Waals surface area contributed by atoms with E-state index in [1.807, 2.05) is 109 Å². The zero-order valence-electron chi connectivity index (χ0n) is 69.1. The Kier molecular flexibility index (Phi) is 38.4. The first-order valence-corrected chi connectivity index (χ1v) is 51.7. The van der Waals surface area contributed by atoms with Crippen LogP contribution >= 0.6 is 104 Å². The van der Waals surface area contributed by atoms with Crippen LogP contribution in [0.1, 0.15) is 115 Å². The SMILES string of the molecule is CCCCCCc1cc([I+]c2ccccc2)c(-c2ccc(Cl)cc2)c(-c2ccc(Cl)cc2)c1-c1ccc(Cl)cc1.CCCCCCc1cc([I+]c2ccccc2)c(-c2ccc(Cl)cc2)c(-c2ccc(Cl)cc2)c1-c1ccc(Cl)cc1.CCCCCCc1cc([I+]c2ccccc2)c(-c2ccc(Cl)cc2)c(-c2ccc(Cl)cc2)c1-c1ccc(Cl)cc1.[O-]B([O-])[O-]. The van der Waals surface area contributed by atoms with Gasteiger partial charge in [-0.25, -0.2) is 0 Å². The summed E-state index contributed by atoms with van der Waals surface area (Å²) in [5.74, 6) is 0. The maximum absolute atomic E-state index is 8.42. The molecule has 3 nitrogen and oxygen atoms in total. The third-order valence-electron chi connectivity index (χ3n) is 21.0. The van der Waals surface area contributed by atoms with E-state index in [1.165, 1.54) is 179 Å². The molecule has 0 aromatic heterocycles. The van der Waals surface area contributed by atoms with Crippen LogP contribution in [0, 0.1) is 21.4 Å². The molecule has 0 unspecified atom stereocenters. The van der Waals surface area contributed by atoms with Crippen LogP contribution in [0.25, 0.3) is 100 Å². The molecule has 0 saturated heterocycles. The zero-order valence-corrected chi connectivity index (χ0v) is 82.4. The Labute approximate surface area is 809 Å². The van der Waals surface area contributed by atoms with E-state index < -0.39 is 70.9 Å². The molecule has 0 spiro atoms. The Morgan fingerprint density at radius 1 is 0.202 bits per heavy atom. The summed E-state index contributed by atoms with van der Waals surface area (Å²) in [6.45, 7) is 6.79. The molecular weight excluding hydrogens is 2060 g/mol. The van der Waals surface area contributed by atoms with Crippen molar-refractivity contribution in [2.45, 2.75) is 117 Å². The van der Waals surface area contributed by atoms with Gasteiger partial charge in [0.15, 0.2) is 10.7 Å². The zero-order chi connectivity index (χ0) is 87.3. The number of rotatable bonds is 30. The van der Waals surface area contributed by atoms with Crippen molar-refractivity contribution in [3.05, 3.63) is 411 Å². The summed E-state index contributed by atoms with van der Waals surface area (Å²) in [5, 5.41) is 31.9. The molecule has 0 atom stereocenters. The quantitative estimate of drug-likeness (QED) is 0.0256. The molecule has 0 radical (unpaired) electrons. The van der Waals surface area contributed by atoms with E-state index >= 15 is 0 Å². The molecule has 15 aromatic carbocycles. The standard InChI is InChI=1S/3C36H31Cl3I.BO3/c3*1-2-3-4-6-9-28-24-33(40-32-10-7-5-8-11-32)35(26-14-20-30(38)21-15-26)36(27-16-22-31(39)23-17-27)34(28)25-12-18-29(37)19-13-25;2-1(3)4/h3*5,7-8,10-24H,2-4,6,9H2,1H3;/q3*+1;-3. The molecule has 0 aliphatic carbocycles. The fourth-order valence-corrected chi connectivity index (χ4v) is 24.8. The van der Waals surface area contributed by atoms with E-state index in [0.717, 1.165) is 100 Å². The number of halogens is 12. The fraction of sp³-hybridized carbons (Fsp3) is 0.167. The highest BCUT2D eigenvalue weighted by Crippen LogP contribution is 2.48. The molecule has 0 aliphatic heterocycles. The van der Waals surface area contributed by atoms with Crippen LogP contribution < -0.4 is 78.7 Å². The highest BCUT2D eigenvalue weighted by molar-refractivity contribution is 6.33. The Balaban J connectivity index is 0.000000166. The van der Waals surface area contributed by atoms with Gasteiger partial charge < -0.3 is 15.1 Å². The lowest BCUT2D eigenvalue weighted by molar-refractivity contribution is -0.596. The number of benzene rings is 15. The summed E-state index contributed by atoms with van der Waals surface area (Å²) < 4.78 is 8.45. The van der Waals surface area contributed by atoms with Gasteiger partial charge in [0.25, 0.3) is 0 Å². The van der Waals surface area contributed by atoms with Gasteiger partial charge in [0.2, 0.25) is 10.7 Å². The molecule has 0 amide bonds. The molecule has 0 aliphatic rings. The number of hydrogen-bond acceptors (Lipinski definition) is 3. The first-order chi connectivity index (χ1) is 60.3. The van der Waals surface area contributed by atoms with Gasteiger partial charge in [-0.15, -0.1) is 0 Å². The summed E-state index contributed by atoms with van der Waals surface area (Å²) in [5.41, 5.74) is 26.1. The lowest BCUT2D eigenvalue weighted by atomic mass is 9.83. The average molecular weight is 2150 g/mol. The number of unbranched alkanes of at least 4 members (excludes halogenated alkanes) is 9. The van der Waals surface area contributed by atoms with Crippen molar-refractivity contribution in [1.82, 2.24) is 0 Å². The Bertz CT molecular complexity index is 5280. The summed E-state index contributed by atoms with van der Waals surface area (Å²) in [4.78, 5) is 0. The van der Waals surface area contributed by atoms with Crippen LogP contribution in [0.4, 0.5) is 0 Å². The van der Waals surface area contributed by atoms with Gasteiger partial charge in [-0.1, -0.05) is 347 Å². The van der Waals surface area contributed by atoms with Gasteiger partial charge in [-0.3, -0.25) is 7.32 Å². The lowest BCUT2D eigenvalue weighted by Gasteiger charge is -2.35. The molecule has 15 aromatic rings. The molecule has 0 N–H and O–H groups in total. The predicted octanol–water partition coefficient (Wildman–Crippen LogP) is 22.7. The molecule has 0 fully saturated rings. The van der Waals surface area contributed by atoms with Crippen LogP contribution in [-0.4, -0.2) is 7.32 Å². The second-order valence-corrected chi connectivity index (χ2v) is 42.6. The molecule has 630 valence electrons. The predicted molar refractivity (Wildman–Crippen MR) is 514 cm³/mol. The fourth-order valence-electron chi connectivity index (χ4n) is 15.2. The molecule has 124 heavy (non-hydrogen) atoms. The van der Waals surface area contributed by atoms with Gasteiger partial charge in [0, 0.05) is 78.6 Å². The minimum atomic E-state index is -2.92. The van der Waals surface area contributed by atoms with E-state index in [1.54, 1.807) is 0 Å². The lowest BCUT2D eigenvalue weighted by Crippen LogP contribution is -3.61. The second kappa shape index (κ2) is 49.6. The summed E-state index contributed by atoms with van der Waals surface area (Å²) in [7, 11) is -2.92. The van der Waals surface area contributed by atoms with Crippen molar-refractivity contribution in [3.63, 3.8) is 0 Å². The van der Waals surface area contributed by atoms with Crippen LogP contribution in [-0.2, 0) is 19.3 Å². The van der Waals surface area contributed by atoms with Gasteiger partial charge in [0.05, 0.1) is 0 Å². The van der Waals surface area contributed by atoms with Crippen LogP contribution in [0.5, 0.6) is 0 Å². The molecule has 16 heteroatoms. The largest absolute Gasteiger partial charge is 0.907 e. The molecular formula is C108H93BCl9I3O3. The molecule has 0 saturated carbocycles. The number of aryl methyl sites for hydroxylation is 3. The maximum Gasteiger partial charge on any atom is 0.358 e. The first-order valence-electron chi connectivity index (χ1n) is 41.8. The third-order valence-corrected chi connectivity index (χ3v) is 31.6. The Morgan fingerprint density at radius 2 is 0.363 bits per heavy atom. The van der Waals surface area contributed by atoms with Crippen molar-refractivity contribution in [3.8, 4) is 100 Å². The van der Waals surface area contributed by atoms with Gasteiger partial charge >= 0.3 is 63.6 Å². The minimum Gasteiger partial charge on any atom is -0.907 e. The van der Waals surface area contributed by atoms with Crippen molar-refractivity contribution >= 4 is 112 Å². The van der Waals surface area contributed by atoms with Crippen molar-refractivity contribution < 1.29 is 78.7 Å². The summed E-state index contributed by atoms with van der Waals surface area (Å²) in [6, 6.07) is 115. The van der Waals surface area contributed by atoms with Crippen molar-refractivity contribution in [2.24, 2.45) is 0 Å². The second-order valence-electron chi connectivity index (χ2n) is 29.9. The number of hydrogen-bond donors (Lipinski definition) is 0. The topological polar surface area (TPSA) is 69.2 Å². The highest BCUT2D eigenvalue weighted by atomic mass is 127. The highest BCUT2D eigenvalue weighted by Gasteiger charge is 2.34. The smallest absolute Gasteiger partial charge is 0.358 e. The van der Waals surface area contributed by atoms with E-state index in [0.29, 0.717) is 0 Å². The van der Waals surface area contributed by atoms with Crippen molar-refractivity contribution in [1.29, 1.82) is 0 Å². The summed E-state index contributed by atoms with van der Waals surface area (Å²) >= 11 is 56.0. The minimum absolute atomic E-state index is 0.450. The van der Waals surface area contributed by atoms with Gasteiger partial charge in [0.1, 0.15) is 0 Å². The van der Waals surface area contributed by atoms with Crippen LogP contribution in [0.2, 0.25) is 45.2 Å². The first kappa shape index (κ1) is 96.1. The Hall–Kier alpha value is -6.96. The van der Waals surface area contributed by atoms with Crippen LogP contribution in [0.15, 0.2) is 328 Å². The van der Waals surface area contributed by atoms with E-state index in [2.05, 4.69) is 239 Å². The molecule has 0 heterocycles. The van der Waals surface area contributed by atoms with Crippen LogP contribution in [0.3, 0.4) is 0 Å². The molecule has 0 bridgehead atoms. The normalized spacial score (nSPS) is 11.0. The van der Waals surface area contributed by atoms with Gasteiger partial charge in [-0.2, -0.15) is 0 Å². The monoisotopic (exact) mass is 2140 g/mol.